The van der Waals surface area contributed by atoms with Gasteiger partial charge in [-0.1, -0.05) is 0 Å². The molecule has 4 heteroatoms. The topological polar surface area (TPSA) is 41.6 Å². The molecule has 1 aromatic carbocycles. The molecule has 1 radical (unpaired) electrons. The lowest BCUT2D eigenvalue weighted by molar-refractivity contribution is 0.230. The number of amides is 2. The van der Waals surface area contributed by atoms with Gasteiger partial charge in [0.1, 0.15) is 5.75 Å². The fourth-order valence-electron chi connectivity index (χ4n) is 0.969. The van der Waals surface area contributed by atoms with Crippen LogP contribution in [0.25, 0.3) is 0 Å². The summed E-state index contributed by atoms with van der Waals surface area (Å²) >= 11 is 0. The van der Waals surface area contributed by atoms with Gasteiger partial charge in [0.15, 0.2) is 0 Å². The Balaban J connectivity index is 2.60. The Morgan fingerprint density at radius 2 is 2.27 bits per heavy atom. The highest BCUT2D eigenvalue weighted by Crippen LogP contribution is 2.14. The summed E-state index contributed by atoms with van der Waals surface area (Å²) in [6.07, 6.45) is 0. The Hall–Kier alpha value is -1.71. The summed E-state index contributed by atoms with van der Waals surface area (Å²) < 4.78 is 5.23. The summed E-state index contributed by atoms with van der Waals surface area (Å²) in [6.45, 7) is 2.52. The first-order valence-corrected chi connectivity index (χ1v) is 4.76. The smallest absolute Gasteiger partial charge is 0.321 e. The van der Waals surface area contributed by atoms with Gasteiger partial charge in [0.2, 0.25) is 0 Å². The van der Waals surface area contributed by atoms with E-state index < -0.39 is 0 Å². The molecule has 81 valence electrons. The molecule has 0 aliphatic carbocycles. The van der Waals surface area contributed by atoms with Gasteiger partial charge in [0.05, 0.1) is 6.61 Å². The van der Waals surface area contributed by atoms with Crippen molar-refractivity contribution in [2.45, 2.75) is 6.92 Å². The Morgan fingerprint density at radius 1 is 1.53 bits per heavy atom. The van der Waals surface area contributed by atoms with E-state index in [0.717, 1.165) is 0 Å². The van der Waals surface area contributed by atoms with E-state index in [0.29, 0.717) is 18.0 Å². The lowest BCUT2D eigenvalue weighted by Crippen LogP contribution is -2.27. The third-order valence-electron chi connectivity index (χ3n) is 1.74. The highest BCUT2D eigenvalue weighted by Gasteiger charge is 2.03. The van der Waals surface area contributed by atoms with E-state index in [9.17, 15) is 4.79 Å². The lowest BCUT2D eigenvalue weighted by atomic mass is 10.3. The van der Waals surface area contributed by atoms with Crippen molar-refractivity contribution in [3.63, 3.8) is 0 Å². The van der Waals surface area contributed by atoms with Crippen molar-refractivity contribution in [2.24, 2.45) is 0 Å². The maximum atomic E-state index is 11.3. The summed E-state index contributed by atoms with van der Waals surface area (Å²) in [4.78, 5) is 12.8. The maximum Gasteiger partial charge on any atom is 0.321 e. The Labute approximate surface area is 89.8 Å². The Kier molecular flexibility index (Phi) is 3.97. The number of ether oxygens (including phenoxy) is 1. The molecule has 1 N–H and O–H groups in total. The molecule has 0 aliphatic heterocycles. The molecular formula is C11H15N2O2. The van der Waals surface area contributed by atoms with E-state index in [1.54, 1.807) is 32.3 Å². The van der Waals surface area contributed by atoms with E-state index in [-0.39, 0.29) is 6.03 Å². The molecular weight excluding hydrogens is 192 g/mol. The van der Waals surface area contributed by atoms with Crippen LogP contribution in [0.1, 0.15) is 6.92 Å². The third-order valence-corrected chi connectivity index (χ3v) is 1.74. The van der Waals surface area contributed by atoms with Crippen LogP contribution in [-0.2, 0) is 0 Å². The first-order valence-electron chi connectivity index (χ1n) is 4.76. The number of nitrogens with one attached hydrogen (secondary N) is 1. The average molecular weight is 207 g/mol. The second-order valence-electron chi connectivity index (χ2n) is 3.20. The quantitative estimate of drug-likeness (QED) is 0.823. The normalized spacial score (nSPS) is 9.53. The number of hydrogen-bond donors (Lipinski definition) is 1. The zero-order valence-electron chi connectivity index (χ0n) is 9.20. The standard InChI is InChI=1S/C11H15N2O2/c1-4-15-10-7-5-9(6-8-10)12-11(14)13(2)3/h5-7H,4H2,1-3H3,(H,12,14). The number of rotatable bonds is 3. The lowest BCUT2D eigenvalue weighted by Gasteiger charge is -2.12. The molecule has 0 aromatic heterocycles. The Morgan fingerprint density at radius 3 is 2.73 bits per heavy atom. The van der Waals surface area contributed by atoms with E-state index in [1.807, 2.05) is 6.92 Å². The molecule has 4 nitrogen and oxygen atoms in total. The number of carbonyl (C=O) groups is 1. The molecule has 1 aromatic rings. The SMILES string of the molecule is CCOc1[c]cc(NC(=O)N(C)C)cc1. The van der Waals surface area contributed by atoms with Crippen molar-refractivity contribution < 1.29 is 9.53 Å². The van der Waals surface area contributed by atoms with Crippen LogP contribution in [0.2, 0.25) is 0 Å². The van der Waals surface area contributed by atoms with Gasteiger partial charge in [-0.2, -0.15) is 0 Å². The maximum absolute atomic E-state index is 11.3. The highest BCUT2D eigenvalue weighted by atomic mass is 16.5. The molecule has 0 spiro atoms. The van der Waals surface area contributed by atoms with Gasteiger partial charge < -0.3 is 15.0 Å². The summed E-state index contributed by atoms with van der Waals surface area (Å²) in [5, 5.41) is 2.71. The molecule has 0 aliphatic rings. The van der Waals surface area contributed by atoms with Crippen LogP contribution in [0.4, 0.5) is 10.5 Å². The van der Waals surface area contributed by atoms with Gasteiger partial charge in [0, 0.05) is 25.8 Å². The van der Waals surface area contributed by atoms with Gasteiger partial charge in [-0.25, -0.2) is 4.79 Å². The van der Waals surface area contributed by atoms with E-state index >= 15 is 0 Å². The average Bonchev–Trinajstić information content (AvgIpc) is 2.21. The van der Waals surface area contributed by atoms with Crippen LogP contribution >= 0.6 is 0 Å². The minimum atomic E-state index is -0.160. The summed E-state index contributed by atoms with van der Waals surface area (Å²) in [5.74, 6) is 0.681. The predicted molar refractivity (Wildman–Crippen MR) is 59.2 cm³/mol. The third kappa shape index (κ3) is 3.50. The molecule has 0 heterocycles. The number of carbonyl (C=O) groups excluding carboxylic acids is 1. The number of anilines is 1. The van der Waals surface area contributed by atoms with E-state index in [2.05, 4.69) is 11.4 Å². The molecule has 2 amide bonds. The molecule has 0 bridgehead atoms. The second-order valence-corrected chi connectivity index (χ2v) is 3.20. The molecule has 0 unspecified atom stereocenters. The second kappa shape index (κ2) is 5.24. The molecule has 15 heavy (non-hydrogen) atoms. The van der Waals surface area contributed by atoms with Crippen LogP contribution in [-0.4, -0.2) is 31.6 Å². The summed E-state index contributed by atoms with van der Waals surface area (Å²) in [7, 11) is 3.38. The Bertz CT molecular complexity index is 320. The minimum Gasteiger partial charge on any atom is -0.493 e. The zero-order chi connectivity index (χ0) is 11.3. The number of benzene rings is 1. The van der Waals surface area contributed by atoms with Gasteiger partial charge in [-0.15, -0.1) is 0 Å². The van der Waals surface area contributed by atoms with Crippen LogP contribution in [0.15, 0.2) is 18.2 Å². The molecule has 0 saturated carbocycles. The van der Waals surface area contributed by atoms with Crippen molar-refractivity contribution in [1.29, 1.82) is 0 Å². The van der Waals surface area contributed by atoms with Gasteiger partial charge >= 0.3 is 6.03 Å². The zero-order valence-corrected chi connectivity index (χ0v) is 9.20. The van der Waals surface area contributed by atoms with Crippen LogP contribution < -0.4 is 10.1 Å². The first-order chi connectivity index (χ1) is 7.13. The predicted octanol–water partition coefficient (Wildman–Crippen LogP) is 1.98. The fourth-order valence-corrected chi connectivity index (χ4v) is 0.969. The number of urea groups is 1. The van der Waals surface area contributed by atoms with Crippen molar-refractivity contribution in [3.05, 3.63) is 24.3 Å². The largest absolute Gasteiger partial charge is 0.493 e. The first kappa shape index (κ1) is 11.4. The highest BCUT2D eigenvalue weighted by molar-refractivity contribution is 5.88. The van der Waals surface area contributed by atoms with Gasteiger partial charge in [-0.05, 0) is 25.1 Å². The van der Waals surface area contributed by atoms with Crippen LogP contribution in [0.3, 0.4) is 0 Å². The fraction of sp³-hybridized carbons (Fsp3) is 0.364. The molecule has 1 rings (SSSR count). The number of nitrogens with zero attached hydrogens (tertiary/aromatic N) is 1. The van der Waals surface area contributed by atoms with Crippen molar-refractivity contribution in [1.82, 2.24) is 4.90 Å². The van der Waals surface area contributed by atoms with Crippen LogP contribution in [0.5, 0.6) is 5.75 Å². The van der Waals surface area contributed by atoms with Crippen molar-refractivity contribution >= 4 is 11.7 Å². The molecule has 0 fully saturated rings. The minimum absolute atomic E-state index is 0.160. The van der Waals surface area contributed by atoms with Gasteiger partial charge in [-0.3, -0.25) is 0 Å². The summed E-state index contributed by atoms with van der Waals surface area (Å²) in [6, 6.07) is 8.01. The van der Waals surface area contributed by atoms with Crippen molar-refractivity contribution in [2.75, 3.05) is 26.0 Å². The molecule has 0 saturated heterocycles. The van der Waals surface area contributed by atoms with Crippen LogP contribution in [0, 0.1) is 6.07 Å². The monoisotopic (exact) mass is 207 g/mol. The summed E-state index contributed by atoms with van der Waals surface area (Å²) in [5.41, 5.74) is 0.706. The van der Waals surface area contributed by atoms with E-state index in [1.165, 1.54) is 4.90 Å². The number of hydrogen-bond acceptors (Lipinski definition) is 2. The van der Waals surface area contributed by atoms with E-state index in [4.69, 9.17) is 4.74 Å². The van der Waals surface area contributed by atoms with Crippen molar-refractivity contribution in [3.8, 4) is 5.75 Å². The molecule has 0 atom stereocenters. The van der Waals surface area contributed by atoms with Gasteiger partial charge in [0.25, 0.3) is 0 Å².